The SMILES string of the molecule is Cc1c(NC(=O)NC2CCN(C)C2)cccc1C(=O)O. The number of nitrogens with one attached hydrogen (secondary N) is 2. The minimum atomic E-state index is -0.996. The summed E-state index contributed by atoms with van der Waals surface area (Å²) in [6.07, 6.45) is 0.929. The molecule has 1 aromatic carbocycles. The highest BCUT2D eigenvalue weighted by Gasteiger charge is 2.21. The first-order valence-electron chi connectivity index (χ1n) is 6.56. The normalized spacial score (nSPS) is 18.8. The molecule has 1 atom stereocenters. The molecule has 1 aliphatic heterocycles. The van der Waals surface area contributed by atoms with Gasteiger partial charge < -0.3 is 20.6 Å². The van der Waals surface area contributed by atoms with Crippen molar-refractivity contribution in [1.82, 2.24) is 10.2 Å². The van der Waals surface area contributed by atoms with Crippen molar-refractivity contribution in [3.63, 3.8) is 0 Å². The number of carboxylic acid groups (broad SMARTS) is 1. The number of carbonyl (C=O) groups excluding carboxylic acids is 1. The van der Waals surface area contributed by atoms with Crippen molar-refractivity contribution in [3.05, 3.63) is 29.3 Å². The van der Waals surface area contributed by atoms with E-state index in [9.17, 15) is 9.59 Å². The molecule has 108 valence electrons. The number of amides is 2. The van der Waals surface area contributed by atoms with Crippen LogP contribution in [0.4, 0.5) is 10.5 Å². The van der Waals surface area contributed by atoms with Gasteiger partial charge in [0.15, 0.2) is 0 Å². The van der Waals surface area contributed by atoms with E-state index < -0.39 is 5.97 Å². The van der Waals surface area contributed by atoms with Crippen LogP contribution in [0.25, 0.3) is 0 Å². The molecule has 2 rings (SSSR count). The Bertz CT molecular complexity index is 530. The molecule has 1 unspecified atom stereocenters. The molecule has 0 saturated carbocycles. The van der Waals surface area contributed by atoms with Gasteiger partial charge in [-0.15, -0.1) is 0 Å². The van der Waals surface area contributed by atoms with Crippen LogP contribution in [0.15, 0.2) is 18.2 Å². The Kier molecular flexibility index (Phi) is 4.24. The fourth-order valence-electron chi connectivity index (χ4n) is 2.40. The molecule has 1 aliphatic rings. The summed E-state index contributed by atoms with van der Waals surface area (Å²) in [5, 5.41) is 14.7. The maximum Gasteiger partial charge on any atom is 0.336 e. The zero-order chi connectivity index (χ0) is 14.7. The molecule has 0 aromatic heterocycles. The number of benzene rings is 1. The van der Waals surface area contributed by atoms with Crippen LogP contribution in [0.2, 0.25) is 0 Å². The van der Waals surface area contributed by atoms with E-state index in [4.69, 9.17) is 5.11 Å². The number of carbonyl (C=O) groups is 2. The summed E-state index contributed by atoms with van der Waals surface area (Å²) in [5.41, 5.74) is 1.27. The third kappa shape index (κ3) is 3.27. The average molecular weight is 277 g/mol. The predicted octanol–water partition coefficient (Wildman–Crippen LogP) is 1.52. The van der Waals surface area contributed by atoms with Crippen molar-refractivity contribution in [3.8, 4) is 0 Å². The van der Waals surface area contributed by atoms with Crippen molar-refractivity contribution >= 4 is 17.7 Å². The standard InChI is InChI=1S/C14H19N3O3/c1-9-11(13(18)19)4-3-5-12(9)16-14(20)15-10-6-7-17(2)8-10/h3-5,10H,6-8H2,1-2H3,(H,18,19)(H2,15,16,20). The van der Waals surface area contributed by atoms with E-state index in [0.29, 0.717) is 11.3 Å². The highest BCUT2D eigenvalue weighted by Crippen LogP contribution is 2.19. The van der Waals surface area contributed by atoms with Crippen LogP contribution in [-0.2, 0) is 0 Å². The van der Waals surface area contributed by atoms with E-state index in [-0.39, 0.29) is 17.6 Å². The molecular formula is C14H19N3O3. The second-order valence-corrected chi connectivity index (χ2v) is 5.13. The lowest BCUT2D eigenvalue weighted by atomic mass is 10.1. The number of hydrogen-bond acceptors (Lipinski definition) is 3. The molecule has 3 N–H and O–H groups in total. The lowest BCUT2D eigenvalue weighted by Gasteiger charge is -2.15. The molecule has 0 aliphatic carbocycles. The maximum absolute atomic E-state index is 11.9. The second kappa shape index (κ2) is 5.92. The van der Waals surface area contributed by atoms with Crippen LogP contribution < -0.4 is 10.6 Å². The number of likely N-dealkylation sites (tertiary alicyclic amines) is 1. The number of likely N-dealkylation sites (N-methyl/N-ethyl adjacent to an activating group) is 1. The van der Waals surface area contributed by atoms with E-state index in [1.165, 1.54) is 6.07 Å². The van der Waals surface area contributed by atoms with Crippen LogP contribution >= 0.6 is 0 Å². The van der Waals surface area contributed by atoms with Gasteiger partial charge in [-0.1, -0.05) is 6.07 Å². The summed E-state index contributed by atoms with van der Waals surface area (Å²) in [6, 6.07) is 4.68. The van der Waals surface area contributed by atoms with E-state index in [1.807, 2.05) is 7.05 Å². The molecule has 1 saturated heterocycles. The van der Waals surface area contributed by atoms with E-state index in [0.717, 1.165) is 19.5 Å². The van der Waals surface area contributed by atoms with Crippen LogP contribution in [-0.4, -0.2) is 48.2 Å². The number of aromatic carboxylic acids is 1. The quantitative estimate of drug-likeness (QED) is 0.782. The molecule has 1 fully saturated rings. The van der Waals surface area contributed by atoms with Gasteiger partial charge in [0.25, 0.3) is 0 Å². The lowest BCUT2D eigenvalue weighted by Crippen LogP contribution is -2.39. The highest BCUT2D eigenvalue weighted by atomic mass is 16.4. The van der Waals surface area contributed by atoms with Crippen LogP contribution in [0.3, 0.4) is 0 Å². The molecule has 0 bridgehead atoms. The monoisotopic (exact) mass is 277 g/mol. The molecule has 2 amide bonds. The molecule has 20 heavy (non-hydrogen) atoms. The topological polar surface area (TPSA) is 81.7 Å². The van der Waals surface area contributed by atoms with E-state index >= 15 is 0 Å². The first kappa shape index (κ1) is 14.3. The third-order valence-corrected chi connectivity index (χ3v) is 3.54. The first-order chi connectivity index (χ1) is 9.47. The fraction of sp³-hybridized carbons (Fsp3) is 0.429. The minimum absolute atomic E-state index is 0.142. The summed E-state index contributed by atoms with van der Waals surface area (Å²) < 4.78 is 0. The number of anilines is 1. The lowest BCUT2D eigenvalue weighted by molar-refractivity contribution is 0.0696. The van der Waals surface area contributed by atoms with E-state index in [2.05, 4.69) is 15.5 Å². The van der Waals surface area contributed by atoms with Crippen LogP contribution in [0.5, 0.6) is 0 Å². The largest absolute Gasteiger partial charge is 0.478 e. The molecular weight excluding hydrogens is 258 g/mol. The number of nitrogens with zero attached hydrogens (tertiary/aromatic N) is 1. The summed E-state index contributed by atoms with van der Waals surface area (Å²) >= 11 is 0. The Balaban J connectivity index is 2.01. The van der Waals surface area contributed by atoms with Crippen molar-refractivity contribution in [2.24, 2.45) is 0 Å². The van der Waals surface area contributed by atoms with Gasteiger partial charge in [0, 0.05) is 18.3 Å². The Hall–Kier alpha value is -2.08. The van der Waals surface area contributed by atoms with Gasteiger partial charge in [-0.25, -0.2) is 9.59 Å². The van der Waals surface area contributed by atoms with Gasteiger partial charge in [-0.2, -0.15) is 0 Å². The Morgan fingerprint density at radius 3 is 2.75 bits per heavy atom. The minimum Gasteiger partial charge on any atom is -0.478 e. The highest BCUT2D eigenvalue weighted by molar-refractivity contribution is 5.95. The summed E-state index contributed by atoms with van der Waals surface area (Å²) in [7, 11) is 2.01. The zero-order valence-electron chi connectivity index (χ0n) is 11.6. The molecule has 6 nitrogen and oxygen atoms in total. The van der Waals surface area contributed by atoms with Gasteiger partial charge in [0.2, 0.25) is 0 Å². The summed E-state index contributed by atoms with van der Waals surface area (Å²) in [6.45, 7) is 3.49. The van der Waals surface area contributed by atoms with Crippen LogP contribution in [0.1, 0.15) is 22.3 Å². The van der Waals surface area contributed by atoms with Gasteiger partial charge >= 0.3 is 12.0 Å². The first-order valence-corrected chi connectivity index (χ1v) is 6.56. The van der Waals surface area contributed by atoms with Gasteiger partial charge in [0.1, 0.15) is 0 Å². The Labute approximate surface area is 117 Å². The Morgan fingerprint density at radius 1 is 1.40 bits per heavy atom. The van der Waals surface area contributed by atoms with Crippen molar-refractivity contribution in [2.45, 2.75) is 19.4 Å². The van der Waals surface area contributed by atoms with E-state index in [1.54, 1.807) is 19.1 Å². The van der Waals surface area contributed by atoms with Gasteiger partial charge in [-0.3, -0.25) is 0 Å². The molecule has 0 radical (unpaired) electrons. The molecule has 0 spiro atoms. The summed E-state index contributed by atoms with van der Waals surface area (Å²) in [4.78, 5) is 25.1. The number of hydrogen-bond donors (Lipinski definition) is 3. The third-order valence-electron chi connectivity index (χ3n) is 3.54. The fourth-order valence-corrected chi connectivity index (χ4v) is 2.40. The second-order valence-electron chi connectivity index (χ2n) is 5.13. The van der Waals surface area contributed by atoms with Crippen molar-refractivity contribution < 1.29 is 14.7 Å². The number of rotatable bonds is 3. The van der Waals surface area contributed by atoms with Gasteiger partial charge in [0.05, 0.1) is 5.56 Å². The van der Waals surface area contributed by atoms with Crippen molar-refractivity contribution in [2.75, 3.05) is 25.5 Å². The summed E-state index contributed by atoms with van der Waals surface area (Å²) in [5.74, 6) is -0.996. The Morgan fingerprint density at radius 2 is 2.15 bits per heavy atom. The van der Waals surface area contributed by atoms with Crippen molar-refractivity contribution in [1.29, 1.82) is 0 Å². The smallest absolute Gasteiger partial charge is 0.336 e. The molecule has 6 heteroatoms. The van der Waals surface area contributed by atoms with Crippen LogP contribution in [0, 0.1) is 6.92 Å². The number of carboxylic acids is 1. The number of urea groups is 1. The zero-order valence-corrected chi connectivity index (χ0v) is 11.6. The van der Waals surface area contributed by atoms with Gasteiger partial charge in [-0.05, 0) is 44.6 Å². The molecule has 1 aromatic rings. The maximum atomic E-state index is 11.9. The predicted molar refractivity (Wildman–Crippen MR) is 76.2 cm³/mol. The molecule has 1 heterocycles. The average Bonchev–Trinajstić information content (AvgIpc) is 2.77.